The fraction of sp³-hybridized carbons (Fsp3) is 0.200. The first-order chi connectivity index (χ1) is 12.6. The largest absolute Gasteiger partial charge is 0.368 e. The van der Waals surface area contributed by atoms with E-state index in [0.717, 1.165) is 29.9 Å². The van der Waals surface area contributed by atoms with E-state index >= 15 is 0 Å². The van der Waals surface area contributed by atoms with Crippen molar-refractivity contribution in [1.82, 2.24) is 9.30 Å². The van der Waals surface area contributed by atoms with Crippen molar-refractivity contribution >= 4 is 23.0 Å². The number of rotatable bonds is 3. The van der Waals surface area contributed by atoms with E-state index in [1.807, 2.05) is 58.1 Å². The van der Waals surface area contributed by atoms with Crippen molar-refractivity contribution in [2.75, 3.05) is 31.1 Å². The molecular formula is C20H20N4O2. The number of primary amides is 1. The molecule has 3 heterocycles. The summed E-state index contributed by atoms with van der Waals surface area (Å²) in [4.78, 5) is 28.0. The monoisotopic (exact) mass is 348 g/mol. The number of hydrogen-bond acceptors (Lipinski definition) is 3. The van der Waals surface area contributed by atoms with Gasteiger partial charge in [0.25, 0.3) is 5.91 Å². The molecule has 2 aromatic heterocycles. The number of carbonyl (C=O) groups excluding carboxylic acids is 2. The zero-order chi connectivity index (χ0) is 18.1. The molecule has 1 aromatic carbocycles. The number of benzene rings is 1. The quantitative estimate of drug-likeness (QED) is 0.787. The van der Waals surface area contributed by atoms with Crippen molar-refractivity contribution in [3.05, 3.63) is 72.1 Å². The van der Waals surface area contributed by atoms with Gasteiger partial charge in [-0.1, -0.05) is 6.07 Å². The summed E-state index contributed by atoms with van der Waals surface area (Å²) in [7, 11) is 0. The van der Waals surface area contributed by atoms with Gasteiger partial charge in [-0.3, -0.25) is 9.59 Å². The van der Waals surface area contributed by atoms with E-state index < -0.39 is 5.91 Å². The summed E-state index contributed by atoms with van der Waals surface area (Å²) in [6, 6.07) is 15.1. The molecule has 0 atom stereocenters. The van der Waals surface area contributed by atoms with Gasteiger partial charge >= 0.3 is 0 Å². The van der Waals surface area contributed by atoms with Crippen molar-refractivity contribution in [3.63, 3.8) is 0 Å². The molecule has 1 fully saturated rings. The van der Waals surface area contributed by atoms with Crippen LogP contribution in [0.25, 0.3) is 5.52 Å². The number of amides is 2. The van der Waals surface area contributed by atoms with E-state index in [1.165, 1.54) is 0 Å². The molecule has 6 nitrogen and oxygen atoms in total. The van der Waals surface area contributed by atoms with Crippen molar-refractivity contribution in [2.45, 2.75) is 0 Å². The summed E-state index contributed by atoms with van der Waals surface area (Å²) in [5.74, 6) is -0.357. The molecule has 3 aromatic rings. The smallest absolute Gasteiger partial charge is 0.255 e. The van der Waals surface area contributed by atoms with Gasteiger partial charge in [0, 0.05) is 55.3 Å². The maximum Gasteiger partial charge on any atom is 0.255 e. The third-order valence-corrected chi connectivity index (χ3v) is 4.84. The molecule has 132 valence electrons. The highest BCUT2D eigenvalue weighted by molar-refractivity contribution is 5.96. The molecule has 0 bridgehead atoms. The molecule has 6 heteroatoms. The molecule has 2 N–H and O–H groups in total. The number of carbonyl (C=O) groups is 2. The lowest BCUT2D eigenvalue weighted by Gasteiger charge is -2.36. The van der Waals surface area contributed by atoms with Gasteiger partial charge in [0.15, 0.2) is 0 Å². The van der Waals surface area contributed by atoms with Crippen LogP contribution in [0.1, 0.15) is 20.7 Å². The molecule has 2 amide bonds. The average Bonchev–Trinajstić information content (AvgIpc) is 3.12. The maximum atomic E-state index is 12.8. The van der Waals surface area contributed by atoms with Gasteiger partial charge in [-0.05, 0) is 42.5 Å². The van der Waals surface area contributed by atoms with Crippen molar-refractivity contribution < 1.29 is 9.59 Å². The lowest BCUT2D eigenvalue weighted by Crippen LogP contribution is -2.48. The van der Waals surface area contributed by atoms with Crippen molar-refractivity contribution in [1.29, 1.82) is 0 Å². The summed E-state index contributed by atoms with van der Waals surface area (Å²) < 4.78 is 1.96. The standard InChI is InChI=1S/C20H20N4O2/c21-19(25)15-4-6-17(7-5-15)22-9-11-23(12-10-22)20(26)16-13-18-3-1-2-8-24(18)14-16/h1-8,13-14H,9-12H2,(H2,21,25). The summed E-state index contributed by atoms with van der Waals surface area (Å²) in [5, 5.41) is 0. The van der Waals surface area contributed by atoms with Crippen LogP contribution in [0.4, 0.5) is 5.69 Å². The summed E-state index contributed by atoms with van der Waals surface area (Å²) in [5.41, 5.74) is 8.56. The molecule has 1 saturated heterocycles. The van der Waals surface area contributed by atoms with E-state index in [9.17, 15) is 9.59 Å². The number of pyridine rings is 1. The van der Waals surface area contributed by atoms with Crippen LogP contribution in [0.15, 0.2) is 60.9 Å². The minimum Gasteiger partial charge on any atom is -0.368 e. The lowest BCUT2D eigenvalue weighted by molar-refractivity contribution is 0.0746. The molecule has 0 unspecified atom stereocenters. The second-order valence-corrected chi connectivity index (χ2v) is 6.45. The predicted molar refractivity (Wildman–Crippen MR) is 100 cm³/mol. The zero-order valence-corrected chi connectivity index (χ0v) is 14.3. The second-order valence-electron chi connectivity index (χ2n) is 6.45. The third kappa shape index (κ3) is 3.01. The Hall–Kier alpha value is -3.28. The topological polar surface area (TPSA) is 71.1 Å². The van der Waals surface area contributed by atoms with Crippen LogP contribution in [0.2, 0.25) is 0 Å². The Kier molecular flexibility index (Phi) is 4.08. The SMILES string of the molecule is NC(=O)c1ccc(N2CCN(C(=O)c3cc4ccccn4c3)CC2)cc1. The van der Waals surface area contributed by atoms with Gasteiger partial charge in [-0.25, -0.2) is 0 Å². The van der Waals surface area contributed by atoms with Gasteiger partial charge in [0.1, 0.15) is 0 Å². The number of nitrogens with zero attached hydrogens (tertiary/aromatic N) is 3. The summed E-state index contributed by atoms with van der Waals surface area (Å²) in [6.07, 6.45) is 3.83. The van der Waals surface area contributed by atoms with E-state index in [-0.39, 0.29) is 5.91 Å². The van der Waals surface area contributed by atoms with Crippen LogP contribution in [0.5, 0.6) is 0 Å². The third-order valence-electron chi connectivity index (χ3n) is 4.84. The fourth-order valence-electron chi connectivity index (χ4n) is 3.36. The number of anilines is 1. The van der Waals surface area contributed by atoms with Gasteiger partial charge in [-0.2, -0.15) is 0 Å². The molecule has 1 aliphatic rings. The van der Waals surface area contributed by atoms with Crippen LogP contribution < -0.4 is 10.6 Å². The lowest BCUT2D eigenvalue weighted by atomic mass is 10.1. The number of fused-ring (bicyclic) bond motifs is 1. The number of aromatic nitrogens is 1. The van der Waals surface area contributed by atoms with Crippen molar-refractivity contribution in [3.8, 4) is 0 Å². The Balaban J connectivity index is 1.42. The van der Waals surface area contributed by atoms with Crippen LogP contribution in [-0.4, -0.2) is 47.3 Å². The normalized spacial score (nSPS) is 14.6. The first-order valence-corrected chi connectivity index (χ1v) is 8.63. The zero-order valence-electron chi connectivity index (χ0n) is 14.3. The minimum absolute atomic E-state index is 0.0671. The Bertz CT molecular complexity index is 920. The molecule has 4 rings (SSSR count). The van der Waals surface area contributed by atoms with Gasteiger partial charge in [0.05, 0.1) is 5.56 Å². The Morgan fingerprint density at radius 3 is 2.27 bits per heavy atom. The molecule has 0 radical (unpaired) electrons. The second kappa shape index (κ2) is 6.55. The Morgan fingerprint density at radius 2 is 1.62 bits per heavy atom. The highest BCUT2D eigenvalue weighted by Crippen LogP contribution is 2.19. The molecule has 0 aliphatic carbocycles. The first kappa shape index (κ1) is 16.2. The Morgan fingerprint density at radius 1 is 0.885 bits per heavy atom. The number of nitrogens with two attached hydrogens (primary N) is 1. The van der Waals surface area contributed by atoms with Crippen LogP contribution in [0.3, 0.4) is 0 Å². The van der Waals surface area contributed by atoms with Crippen LogP contribution in [0, 0.1) is 0 Å². The molecular weight excluding hydrogens is 328 g/mol. The van der Waals surface area contributed by atoms with Crippen LogP contribution >= 0.6 is 0 Å². The maximum absolute atomic E-state index is 12.8. The van der Waals surface area contributed by atoms with Gasteiger partial charge in [0.2, 0.25) is 5.91 Å². The van der Waals surface area contributed by atoms with Crippen LogP contribution in [-0.2, 0) is 0 Å². The number of hydrogen-bond donors (Lipinski definition) is 1. The molecule has 26 heavy (non-hydrogen) atoms. The summed E-state index contributed by atoms with van der Waals surface area (Å²) >= 11 is 0. The highest BCUT2D eigenvalue weighted by atomic mass is 16.2. The van der Waals surface area contributed by atoms with E-state index in [4.69, 9.17) is 5.73 Å². The predicted octanol–water partition coefficient (Wildman–Crippen LogP) is 2.00. The highest BCUT2D eigenvalue weighted by Gasteiger charge is 2.23. The van der Waals surface area contributed by atoms with Gasteiger partial charge < -0.3 is 19.9 Å². The molecule has 1 aliphatic heterocycles. The Labute approximate surface area is 151 Å². The van der Waals surface area contributed by atoms with E-state index in [2.05, 4.69) is 4.90 Å². The number of piperazine rings is 1. The van der Waals surface area contributed by atoms with E-state index in [0.29, 0.717) is 18.7 Å². The summed E-state index contributed by atoms with van der Waals surface area (Å²) in [6.45, 7) is 2.86. The van der Waals surface area contributed by atoms with E-state index in [1.54, 1.807) is 12.1 Å². The van der Waals surface area contributed by atoms with Gasteiger partial charge in [-0.15, -0.1) is 0 Å². The molecule has 0 spiro atoms. The first-order valence-electron chi connectivity index (χ1n) is 8.63. The average molecular weight is 348 g/mol. The molecule has 0 saturated carbocycles. The van der Waals surface area contributed by atoms with Crippen molar-refractivity contribution in [2.24, 2.45) is 5.73 Å². The minimum atomic E-state index is -0.424. The fourth-order valence-corrected chi connectivity index (χ4v) is 3.36.